The van der Waals surface area contributed by atoms with Crippen molar-refractivity contribution in [1.29, 1.82) is 0 Å². The molecule has 96 valence electrons. The fourth-order valence-electron chi connectivity index (χ4n) is 1.91. The predicted molar refractivity (Wildman–Crippen MR) is 71.4 cm³/mol. The van der Waals surface area contributed by atoms with Crippen molar-refractivity contribution < 1.29 is 9.84 Å². The maximum absolute atomic E-state index is 10.2. The molecule has 0 aliphatic carbocycles. The van der Waals surface area contributed by atoms with E-state index >= 15 is 0 Å². The highest BCUT2D eigenvalue weighted by Gasteiger charge is 2.28. The Hall–Kier alpha value is -1.02. The van der Waals surface area contributed by atoms with Crippen molar-refractivity contribution in [3.63, 3.8) is 0 Å². The largest absolute Gasteiger partial charge is 0.507 e. The second kappa shape index (κ2) is 5.09. The molecule has 0 fully saturated rings. The van der Waals surface area contributed by atoms with E-state index in [1.165, 1.54) is 0 Å². The van der Waals surface area contributed by atoms with Crippen molar-refractivity contribution in [1.82, 2.24) is 0 Å². The molecule has 2 nitrogen and oxygen atoms in total. The summed E-state index contributed by atoms with van der Waals surface area (Å²) in [5, 5.41) is 10.2. The van der Waals surface area contributed by atoms with Gasteiger partial charge in [-0.15, -0.1) is 0 Å². The molecule has 2 heteroatoms. The van der Waals surface area contributed by atoms with E-state index in [1.807, 2.05) is 13.0 Å². The zero-order valence-electron chi connectivity index (χ0n) is 11.8. The molecule has 1 aromatic rings. The number of aromatic hydroxyl groups is 1. The first-order valence-electron chi connectivity index (χ1n) is 6.12. The quantitative estimate of drug-likeness (QED) is 0.862. The molecular formula is C15H24O2. The van der Waals surface area contributed by atoms with E-state index in [2.05, 4.69) is 33.8 Å². The molecule has 0 bridgehead atoms. The van der Waals surface area contributed by atoms with Crippen molar-refractivity contribution in [2.24, 2.45) is 5.92 Å². The molecule has 0 saturated carbocycles. The normalized spacial score (nSPS) is 12.2. The van der Waals surface area contributed by atoms with Crippen LogP contribution in [0, 0.1) is 12.8 Å². The highest BCUT2D eigenvalue weighted by atomic mass is 16.5. The lowest BCUT2D eigenvalue weighted by Gasteiger charge is -2.31. The van der Waals surface area contributed by atoms with Crippen LogP contribution in [0.5, 0.6) is 5.75 Å². The molecule has 0 saturated heterocycles. The van der Waals surface area contributed by atoms with Gasteiger partial charge in [-0.2, -0.15) is 0 Å². The molecule has 0 aliphatic rings. The highest BCUT2D eigenvalue weighted by molar-refractivity contribution is 5.46. The third-order valence-corrected chi connectivity index (χ3v) is 3.81. The number of methoxy groups -OCH3 is 1. The van der Waals surface area contributed by atoms with Crippen LogP contribution in [-0.2, 0) is 16.8 Å². The molecule has 0 spiro atoms. The van der Waals surface area contributed by atoms with Gasteiger partial charge in [0.05, 0.1) is 6.61 Å². The van der Waals surface area contributed by atoms with Crippen LogP contribution < -0.4 is 0 Å². The Morgan fingerprint density at radius 1 is 1.29 bits per heavy atom. The van der Waals surface area contributed by atoms with Gasteiger partial charge >= 0.3 is 0 Å². The zero-order valence-corrected chi connectivity index (χ0v) is 11.8. The third kappa shape index (κ3) is 2.81. The van der Waals surface area contributed by atoms with E-state index in [0.29, 0.717) is 18.3 Å². The van der Waals surface area contributed by atoms with Crippen molar-refractivity contribution >= 4 is 0 Å². The molecule has 0 aromatic heterocycles. The van der Waals surface area contributed by atoms with Crippen molar-refractivity contribution in [2.45, 2.75) is 46.6 Å². The van der Waals surface area contributed by atoms with Gasteiger partial charge in [0.1, 0.15) is 5.75 Å². The van der Waals surface area contributed by atoms with Gasteiger partial charge in [0.25, 0.3) is 0 Å². The van der Waals surface area contributed by atoms with Gasteiger partial charge in [0.2, 0.25) is 0 Å². The van der Waals surface area contributed by atoms with Crippen LogP contribution in [0.25, 0.3) is 0 Å². The van der Waals surface area contributed by atoms with Crippen LogP contribution in [-0.4, -0.2) is 12.2 Å². The first-order valence-corrected chi connectivity index (χ1v) is 6.12. The number of rotatable bonds is 4. The van der Waals surface area contributed by atoms with E-state index in [1.54, 1.807) is 7.11 Å². The van der Waals surface area contributed by atoms with Crippen LogP contribution >= 0.6 is 0 Å². The summed E-state index contributed by atoms with van der Waals surface area (Å²) < 4.78 is 5.17. The summed E-state index contributed by atoms with van der Waals surface area (Å²) >= 11 is 0. The van der Waals surface area contributed by atoms with Gasteiger partial charge < -0.3 is 9.84 Å². The second-order valence-electron chi connectivity index (χ2n) is 5.62. The Morgan fingerprint density at radius 3 is 2.35 bits per heavy atom. The van der Waals surface area contributed by atoms with Crippen molar-refractivity contribution in [3.8, 4) is 5.75 Å². The first-order chi connectivity index (χ1) is 7.80. The minimum atomic E-state index is -0.0431. The first kappa shape index (κ1) is 14.0. The van der Waals surface area contributed by atoms with Crippen LogP contribution in [0.4, 0.5) is 0 Å². The molecule has 0 unspecified atom stereocenters. The highest BCUT2D eigenvalue weighted by Crippen LogP contribution is 2.39. The Balaban J connectivity index is 3.31. The van der Waals surface area contributed by atoms with Gasteiger partial charge in [0, 0.05) is 12.7 Å². The van der Waals surface area contributed by atoms with E-state index in [9.17, 15) is 5.11 Å². The Labute approximate surface area is 105 Å². The van der Waals surface area contributed by atoms with E-state index in [4.69, 9.17) is 4.74 Å². The molecule has 0 radical (unpaired) electrons. The lowest BCUT2D eigenvalue weighted by Crippen LogP contribution is -2.25. The lowest BCUT2D eigenvalue weighted by molar-refractivity contribution is 0.184. The average molecular weight is 236 g/mol. The van der Waals surface area contributed by atoms with Gasteiger partial charge in [-0.25, -0.2) is 0 Å². The minimum Gasteiger partial charge on any atom is -0.507 e. The smallest absolute Gasteiger partial charge is 0.122 e. The summed E-state index contributed by atoms with van der Waals surface area (Å²) in [6, 6.07) is 4.05. The van der Waals surface area contributed by atoms with Crippen molar-refractivity contribution in [3.05, 3.63) is 28.8 Å². The van der Waals surface area contributed by atoms with Gasteiger partial charge in [0.15, 0.2) is 0 Å². The molecule has 1 aromatic carbocycles. The zero-order chi connectivity index (χ0) is 13.2. The van der Waals surface area contributed by atoms with Crippen LogP contribution in [0.3, 0.4) is 0 Å². The van der Waals surface area contributed by atoms with Crippen LogP contribution in [0.1, 0.15) is 44.4 Å². The molecule has 0 heterocycles. The fourth-order valence-corrected chi connectivity index (χ4v) is 1.91. The number of aryl methyl sites for hydroxylation is 1. The summed E-state index contributed by atoms with van der Waals surface area (Å²) in [4.78, 5) is 0. The molecule has 1 rings (SSSR count). The van der Waals surface area contributed by atoms with E-state index in [0.717, 1.165) is 16.7 Å². The number of phenolic OH excluding ortho intramolecular Hbond substituents is 1. The Morgan fingerprint density at radius 2 is 1.88 bits per heavy atom. The predicted octanol–water partition coefficient (Wildman–Crippen LogP) is 3.78. The number of hydrogen-bond donors (Lipinski definition) is 1. The summed E-state index contributed by atoms with van der Waals surface area (Å²) in [7, 11) is 1.69. The third-order valence-electron chi connectivity index (χ3n) is 3.81. The standard InChI is InChI=1S/C15H24O2/c1-10(2)15(4,5)13-8-12(9-17-6)7-11(3)14(13)16/h7-8,10,16H,9H2,1-6H3. The van der Waals surface area contributed by atoms with Gasteiger partial charge in [-0.05, 0) is 35.4 Å². The number of phenols is 1. The summed E-state index contributed by atoms with van der Waals surface area (Å²) in [6.45, 7) is 11.2. The van der Waals surface area contributed by atoms with Gasteiger partial charge in [-0.1, -0.05) is 33.8 Å². The van der Waals surface area contributed by atoms with Gasteiger partial charge in [-0.3, -0.25) is 0 Å². The number of ether oxygens (including phenoxy) is 1. The maximum Gasteiger partial charge on any atom is 0.122 e. The summed E-state index contributed by atoms with van der Waals surface area (Å²) in [5.74, 6) is 0.883. The topological polar surface area (TPSA) is 29.5 Å². The Bertz CT molecular complexity index is 392. The lowest BCUT2D eigenvalue weighted by atomic mass is 9.74. The summed E-state index contributed by atoms with van der Waals surface area (Å²) in [5.41, 5.74) is 3.01. The molecule has 0 aliphatic heterocycles. The minimum absolute atomic E-state index is 0.0431. The second-order valence-corrected chi connectivity index (χ2v) is 5.62. The molecule has 0 amide bonds. The number of benzene rings is 1. The maximum atomic E-state index is 10.2. The molecule has 17 heavy (non-hydrogen) atoms. The molecular weight excluding hydrogens is 212 g/mol. The van der Waals surface area contributed by atoms with Crippen LogP contribution in [0.15, 0.2) is 12.1 Å². The Kier molecular flexibility index (Phi) is 4.21. The van der Waals surface area contributed by atoms with E-state index in [-0.39, 0.29) is 5.41 Å². The number of hydrogen-bond acceptors (Lipinski definition) is 2. The monoisotopic (exact) mass is 236 g/mol. The van der Waals surface area contributed by atoms with Crippen molar-refractivity contribution in [2.75, 3.05) is 7.11 Å². The van der Waals surface area contributed by atoms with Crippen LogP contribution in [0.2, 0.25) is 0 Å². The van der Waals surface area contributed by atoms with E-state index < -0.39 is 0 Å². The molecule has 1 N–H and O–H groups in total. The SMILES string of the molecule is COCc1cc(C)c(O)c(C(C)(C)C(C)C)c1. The average Bonchev–Trinajstić information content (AvgIpc) is 2.23. The molecule has 0 atom stereocenters. The summed E-state index contributed by atoms with van der Waals surface area (Å²) in [6.07, 6.45) is 0. The fraction of sp³-hybridized carbons (Fsp3) is 0.600.